The van der Waals surface area contributed by atoms with Crippen molar-refractivity contribution in [3.8, 4) is 0 Å². The summed E-state index contributed by atoms with van der Waals surface area (Å²) in [6.45, 7) is 2.31. The normalized spacial score (nSPS) is 24.8. The molecule has 1 aliphatic heterocycles. The molecule has 2 N–H and O–H groups in total. The Kier molecular flexibility index (Phi) is 2.64. The summed E-state index contributed by atoms with van der Waals surface area (Å²) >= 11 is 0. The second-order valence-corrected chi connectivity index (χ2v) is 3.94. The van der Waals surface area contributed by atoms with Crippen molar-refractivity contribution in [2.75, 3.05) is 6.54 Å². The predicted molar refractivity (Wildman–Crippen MR) is 60.0 cm³/mol. The summed E-state index contributed by atoms with van der Waals surface area (Å²) < 4.78 is 0. The van der Waals surface area contributed by atoms with E-state index in [4.69, 9.17) is 0 Å². The van der Waals surface area contributed by atoms with Crippen LogP contribution in [-0.2, 0) is 10.2 Å². The van der Waals surface area contributed by atoms with Gasteiger partial charge in [0.2, 0.25) is 5.91 Å². The van der Waals surface area contributed by atoms with Crippen LogP contribution in [0.15, 0.2) is 30.3 Å². The molecule has 0 aromatic heterocycles. The topological polar surface area (TPSA) is 58.2 Å². The van der Waals surface area contributed by atoms with Crippen molar-refractivity contribution in [2.45, 2.75) is 18.8 Å². The third-order valence-corrected chi connectivity index (χ3v) is 3.14. The lowest BCUT2D eigenvalue weighted by Crippen LogP contribution is -2.60. The molecule has 3 amide bonds. The molecule has 0 aliphatic carbocycles. The molecular weight excluding hydrogens is 204 g/mol. The molecule has 1 saturated heterocycles. The first-order chi connectivity index (χ1) is 7.69. The summed E-state index contributed by atoms with van der Waals surface area (Å²) in [5.74, 6) is -0.218. The molecule has 2 rings (SSSR count). The van der Waals surface area contributed by atoms with Crippen LogP contribution in [0.1, 0.15) is 18.9 Å². The SMILES string of the molecule is CCC1(c2ccccc2)CNC(=O)NC1=O. The molecule has 84 valence electrons. The van der Waals surface area contributed by atoms with E-state index in [9.17, 15) is 9.59 Å². The quantitative estimate of drug-likeness (QED) is 0.783. The number of carbonyl (C=O) groups is 2. The minimum atomic E-state index is -0.630. The Morgan fingerprint density at radius 1 is 1.25 bits per heavy atom. The lowest BCUT2D eigenvalue weighted by molar-refractivity contribution is -0.126. The van der Waals surface area contributed by atoms with Gasteiger partial charge in [0, 0.05) is 6.54 Å². The molecule has 1 aliphatic rings. The molecular formula is C12H14N2O2. The first-order valence-corrected chi connectivity index (χ1v) is 5.34. The van der Waals surface area contributed by atoms with Crippen LogP contribution in [-0.4, -0.2) is 18.5 Å². The van der Waals surface area contributed by atoms with Gasteiger partial charge in [-0.15, -0.1) is 0 Å². The number of imide groups is 1. The maximum Gasteiger partial charge on any atom is 0.321 e. The van der Waals surface area contributed by atoms with Crippen LogP contribution in [0.4, 0.5) is 4.79 Å². The minimum absolute atomic E-state index is 0.218. The Balaban J connectivity index is 2.40. The van der Waals surface area contributed by atoms with Crippen molar-refractivity contribution < 1.29 is 9.59 Å². The number of amides is 3. The van der Waals surface area contributed by atoms with Gasteiger partial charge in [-0.3, -0.25) is 10.1 Å². The maximum absolute atomic E-state index is 12.0. The Bertz CT molecular complexity index is 416. The number of carbonyl (C=O) groups excluding carboxylic acids is 2. The third kappa shape index (κ3) is 1.56. The summed E-state index contributed by atoms with van der Waals surface area (Å²) in [6, 6.07) is 9.13. The molecule has 1 atom stereocenters. The molecule has 0 spiro atoms. The molecule has 1 aromatic rings. The van der Waals surface area contributed by atoms with Gasteiger partial charge in [-0.2, -0.15) is 0 Å². The molecule has 0 saturated carbocycles. The van der Waals surface area contributed by atoms with E-state index in [-0.39, 0.29) is 5.91 Å². The summed E-state index contributed by atoms with van der Waals surface area (Å²) in [5.41, 5.74) is 0.310. The molecule has 4 nitrogen and oxygen atoms in total. The van der Waals surface area contributed by atoms with E-state index in [1.807, 2.05) is 37.3 Å². The minimum Gasteiger partial charge on any atom is -0.336 e. The van der Waals surface area contributed by atoms with Crippen molar-refractivity contribution >= 4 is 11.9 Å². The predicted octanol–water partition coefficient (Wildman–Crippen LogP) is 1.17. The zero-order chi connectivity index (χ0) is 11.6. The molecule has 1 fully saturated rings. The smallest absolute Gasteiger partial charge is 0.321 e. The van der Waals surface area contributed by atoms with E-state index in [2.05, 4.69) is 10.6 Å². The standard InChI is InChI=1S/C12H14N2O2/c1-2-12(9-6-4-3-5-7-9)8-13-11(16)14-10(12)15/h3-7H,2,8H2,1H3,(H2,13,14,15,16). The fraction of sp³-hybridized carbons (Fsp3) is 0.333. The molecule has 0 radical (unpaired) electrons. The van der Waals surface area contributed by atoms with Gasteiger partial charge in [0.1, 0.15) is 0 Å². The van der Waals surface area contributed by atoms with Gasteiger partial charge < -0.3 is 5.32 Å². The zero-order valence-corrected chi connectivity index (χ0v) is 9.12. The highest BCUT2D eigenvalue weighted by Crippen LogP contribution is 2.29. The van der Waals surface area contributed by atoms with Crippen LogP contribution in [0.2, 0.25) is 0 Å². The first kappa shape index (κ1) is 10.7. The second kappa shape index (κ2) is 3.96. The average molecular weight is 218 g/mol. The van der Waals surface area contributed by atoms with Crippen LogP contribution >= 0.6 is 0 Å². The highest BCUT2D eigenvalue weighted by atomic mass is 16.2. The van der Waals surface area contributed by atoms with Crippen molar-refractivity contribution in [2.24, 2.45) is 0 Å². The van der Waals surface area contributed by atoms with Crippen LogP contribution in [0, 0.1) is 0 Å². The Morgan fingerprint density at radius 3 is 2.50 bits per heavy atom. The molecule has 1 aromatic carbocycles. The Labute approximate surface area is 94.0 Å². The van der Waals surface area contributed by atoms with Gasteiger partial charge in [0.25, 0.3) is 0 Å². The largest absolute Gasteiger partial charge is 0.336 e. The lowest BCUT2D eigenvalue weighted by Gasteiger charge is -2.35. The summed E-state index contributed by atoms with van der Waals surface area (Å²) in [4.78, 5) is 23.1. The molecule has 1 unspecified atom stereocenters. The van der Waals surface area contributed by atoms with Crippen LogP contribution in [0.5, 0.6) is 0 Å². The van der Waals surface area contributed by atoms with Crippen LogP contribution < -0.4 is 10.6 Å². The van der Waals surface area contributed by atoms with Gasteiger partial charge >= 0.3 is 6.03 Å². The highest BCUT2D eigenvalue weighted by Gasteiger charge is 2.42. The summed E-state index contributed by atoms with van der Waals surface area (Å²) in [7, 11) is 0. The molecule has 0 bridgehead atoms. The van der Waals surface area contributed by atoms with Gasteiger partial charge in [-0.05, 0) is 12.0 Å². The molecule has 16 heavy (non-hydrogen) atoms. The van der Waals surface area contributed by atoms with Gasteiger partial charge in [-0.1, -0.05) is 37.3 Å². The monoisotopic (exact) mass is 218 g/mol. The van der Waals surface area contributed by atoms with E-state index in [1.165, 1.54) is 0 Å². The lowest BCUT2D eigenvalue weighted by atomic mass is 9.76. The summed E-state index contributed by atoms with van der Waals surface area (Å²) in [6.07, 6.45) is 0.656. The Hall–Kier alpha value is -1.84. The first-order valence-electron chi connectivity index (χ1n) is 5.34. The van der Waals surface area contributed by atoms with Gasteiger partial charge in [0.05, 0.1) is 5.41 Å². The maximum atomic E-state index is 12.0. The zero-order valence-electron chi connectivity index (χ0n) is 9.12. The number of rotatable bonds is 2. The third-order valence-electron chi connectivity index (χ3n) is 3.14. The average Bonchev–Trinajstić information content (AvgIpc) is 2.31. The van der Waals surface area contributed by atoms with Crippen LogP contribution in [0.3, 0.4) is 0 Å². The number of benzene rings is 1. The molecule has 1 heterocycles. The van der Waals surface area contributed by atoms with E-state index in [0.29, 0.717) is 13.0 Å². The molecule has 4 heteroatoms. The van der Waals surface area contributed by atoms with E-state index in [1.54, 1.807) is 0 Å². The van der Waals surface area contributed by atoms with Crippen molar-refractivity contribution in [3.05, 3.63) is 35.9 Å². The van der Waals surface area contributed by atoms with E-state index in [0.717, 1.165) is 5.56 Å². The number of hydrogen-bond acceptors (Lipinski definition) is 2. The van der Waals surface area contributed by atoms with E-state index >= 15 is 0 Å². The highest BCUT2D eigenvalue weighted by molar-refractivity contribution is 6.03. The number of urea groups is 1. The second-order valence-electron chi connectivity index (χ2n) is 3.94. The van der Waals surface area contributed by atoms with Crippen molar-refractivity contribution in [3.63, 3.8) is 0 Å². The van der Waals surface area contributed by atoms with E-state index < -0.39 is 11.4 Å². The Morgan fingerprint density at radius 2 is 1.94 bits per heavy atom. The number of nitrogens with one attached hydrogen (secondary N) is 2. The van der Waals surface area contributed by atoms with Gasteiger partial charge in [-0.25, -0.2) is 4.79 Å². The fourth-order valence-corrected chi connectivity index (χ4v) is 2.06. The number of hydrogen-bond donors (Lipinski definition) is 2. The summed E-state index contributed by atoms with van der Waals surface area (Å²) in [5, 5.41) is 5.01. The van der Waals surface area contributed by atoms with Gasteiger partial charge in [0.15, 0.2) is 0 Å². The van der Waals surface area contributed by atoms with Crippen molar-refractivity contribution in [1.82, 2.24) is 10.6 Å². The van der Waals surface area contributed by atoms with Crippen LogP contribution in [0.25, 0.3) is 0 Å². The fourth-order valence-electron chi connectivity index (χ4n) is 2.06. The van der Waals surface area contributed by atoms with Crippen molar-refractivity contribution in [1.29, 1.82) is 0 Å².